The molecule has 0 radical (unpaired) electrons. The van der Waals surface area contributed by atoms with E-state index in [1.54, 1.807) is 10.9 Å². The molecule has 2 heterocycles. The van der Waals surface area contributed by atoms with Gasteiger partial charge in [-0.3, -0.25) is 9.48 Å². The molecule has 1 amide bonds. The summed E-state index contributed by atoms with van der Waals surface area (Å²) in [6.07, 6.45) is 1.77. The van der Waals surface area contributed by atoms with Gasteiger partial charge in [0.05, 0.1) is 6.61 Å². The zero-order valence-electron chi connectivity index (χ0n) is 14.6. The maximum absolute atomic E-state index is 12.9. The fourth-order valence-electron chi connectivity index (χ4n) is 2.97. The van der Waals surface area contributed by atoms with E-state index in [9.17, 15) is 4.79 Å². The molecule has 2 aromatic rings. The van der Waals surface area contributed by atoms with E-state index >= 15 is 0 Å². The summed E-state index contributed by atoms with van der Waals surface area (Å²) in [6.45, 7) is 7.95. The van der Waals surface area contributed by atoms with E-state index in [4.69, 9.17) is 16.3 Å². The predicted molar refractivity (Wildman–Crippen MR) is 98.6 cm³/mol. The van der Waals surface area contributed by atoms with Gasteiger partial charge >= 0.3 is 0 Å². The summed E-state index contributed by atoms with van der Waals surface area (Å²) < 4.78 is 7.27. The van der Waals surface area contributed by atoms with Crippen molar-refractivity contribution in [1.29, 1.82) is 0 Å². The van der Waals surface area contributed by atoms with Crippen molar-refractivity contribution in [2.45, 2.75) is 20.4 Å². The number of hydrogen-bond donors (Lipinski definition) is 0. The number of benzene rings is 1. The highest BCUT2D eigenvalue weighted by Gasteiger charge is 2.26. The Morgan fingerprint density at radius 1 is 1.24 bits per heavy atom. The number of aromatic nitrogens is 2. The molecule has 1 aromatic carbocycles. The summed E-state index contributed by atoms with van der Waals surface area (Å²) >= 11 is 6.07. The molecule has 1 aliphatic rings. The average Bonchev–Trinajstić information content (AvgIpc) is 3.05. The Morgan fingerprint density at radius 3 is 2.64 bits per heavy atom. The molecule has 25 heavy (non-hydrogen) atoms. The molecular formula is C18H23ClN4O2. The van der Waals surface area contributed by atoms with Gasteiger partial charge < -0.3 is 14.5 Å². The lowest BCUT2D eigenvalue weighted by atomic mass is 10.2. The van der Waals surface area contributed by atoms with Crippen LogP contribution in [0.15, 0.2) is 30.5 Å². The standard InChI is InChI=1S/C18H23ClN4O2/c1-3-23-13-16(17(20-23)25-4-2)18(24)22-10-8-21(9-11-22)15-7-5-6-14(19)12-15/h5-7,12-13H,3-4,8-11H2,1-2H3. The fourth-order valence-corrected chi connectivity index (χ4v) is 3.15. The molecule has 6 nitrogen and oxygen atoms in total. The largest absolute Gasteiger partial charge is 0.476 e. The van der Waals surface area contributed by atoms with Crippen LogP contribution in [0, 0.1) is 0 Å². The molecule has 3 rings (SSSR count). The fraction of sp³-hybridized carbons (Fsp3) is 0.444. The van der Waals surface area contributed by atoms with Gasteiger partial charge in [-0.25, -0.2) is 0 Å². The second-order valence-electron chi connectivity index (χ2n) is 5.90. The molecule has 1 saturated heterocycles. The predicted octanol–water partition coefficient (Wildman–Crippen LogP) is 2.92. The van der Waals surface area contributed by atoms with Crippen molar-refractivity contribution in [3.63, 3.8) is 0 Å². The van der Waals surface area contributed by atoms with E-state index in [0.29, 0.717) is 37.7 Å². The molecule has 0 N–H and O–H groups in total. The summed E-state index contributed by atoms with van der Waals surface area (Å²) in [7, 11) is 0. The van der Waals surface area contributed by atoms with Crippen LogP contribution in [0.2, 0.25) is 5.02 Å². The highest BCUT2D eigenvalue weighted by atomic mass is 35.5. The summed E-state index contributed by atoms with van der Waals surface area (Å²) in [5.74, 6) is 0.403. The first-order valence-electron chi connectivity index (χ1n) is 8.62. The van der Waals surface area contributed by atoms with E-state index in [0.717, 1.165) is 23.8 Å². The van der Waals surface area contributed by atoms with Crippen LogP contribution in [-0.4, -0.2) is 53.4 Å². The molecular weight excluding hydrogens is 340 g/mol. The zero-order chi connectivity index (χ0) is 17.8. The third-order valence-corrected chi connectivity index (χ3v) is 4.54. The first kappa shape index (κ1) is 17.6. The number of anilines is 1. The molecule has 134 valence electrons. The van der Waals surface area contributed by atoms with Crippen molar-refractivity contribution < 1.29 is 9.53 Å². The van der Waals surface area contributed by atoms with Crippen LogP contribution in [-0.2, 0) is 6.54 Å². The summed E-state index contributed by atoms with van der Waals surface area (Å²) in [6, 6.07) is 7.81. The number of nitrogens with zero attached hydrogens (tertiary/aromatic N) is 4. The summed E-state index contributed by atoms with van der Waals surface area (Å²) in [5, 5.41) is 5.05. The highest BCUT2D eigenvalue weighted by molar-refractivity contribution is 6.30. The summed E-state index contributed by atoms with van der Waals surface area (Å²) in [5.41, 5.74) is 1.63. The number of carbonyl (C=O) groups excluding carboxylic acids is 1. The van der Waals surface area contributed by atoms with E-state index in [-0.39, 0.29) is 5.91 Å². The number of piperazine rings is 1. The third kappa shape index (κ3) is 3.90. The van der Waals surface area contributed by atoms with Gasteiger partial charge in [0.15, 0.2) is 0 Å². The van der Waals surface area contributed by atoms with Gasteiger partial charge in [0.2, 0.25) is 5.88 Å². The third-order valence-electron chi connectivity index (χ3n) is 4.30. The van der Waals surface area contributed by atoms with Gasteiger partial charge in [0.25, 0.3) is 5.91 Å². The van der Waals surface area contributed by atoms with Crippen LogP contribution in [0.4, 0.5) is 5.69 Å². The zero-order valence-corrected chi connectivity index (χ0v) is 15.4. The van der Waals surface area contributed by atoms with Crippen LogP contribution in [0.25, 0.3) is 0 Å². The lowest BCUT2D eigenvalue weighted by Crippen LogP contribution is -2.48. The van der Waals surface area contributed by atoms with Gasteiger partial charge in [-0.1, -0.05) is 17.7 Å². The van der Waals surface area contributed by atoms with Crippen molar-refractivity contribution in [3.8, 4) is 5.88 Å². The van der Waals surface area contributed by atoms with Gasteiger partial charge in [-0.05, 0) is 32.0 Å². The van der Waals surface area contributed by atoms with Gasteiger partial charge in [0, 0.05) is 49.6 Å². The molecule has 0 spiro atoms. The van der Waals surface area contributed by atoms with Crippen LogP contribution in [0.5, 0.6) is 5.88 Å². The molecule has 0 aliphatic carbocycles. The molecule has 7 heteroatoms. The molecule has 0 saturated carbocycles. The van der Waals surface area contributed by atoms with E-state index in [1.165, 1.54) is 0 Å². The normalized spacial score (nSPS) is 14.7. The Morgan fingerprint density at radius 2 is 2.00 bits per heavy atom. The van der Waals surface area contributed by atoms with Crippen LogP contribution in [0.1, 0.15) is 24.2 Å². The number of rotatable bonds is 5. The average molecular weight is 363 g/mol. The monoisotopic (exact) mass is 362 g/mol. The second-order valence-corrected chi connectivity index (χ2v) is 6.33. The minimum absolute atomic E-state index is 0.0195. The Balaban J connectivity index is 1.68. The van der Waals surface area contributed by atoms with Gasteiger partial charge in [-0.2, -0.15) is 0 Å². The highest BCUT2D eigenvalue weighted by Crippen LogP contribution is 2.23. The Kier molecular flexibility index (Phi) is 5.48. The van der Waals surface area contributed by atoms with Gasteiger partial charge in [-0.15, -0.1) is 5.10 Å². The van der Waals surface area contributed by atoms with Crippen LogP contribution in [0.3, 0.4) is 0 Å². The SMILES string of the molecule is CCOc1nn(CC)cc1C(=O)N1CCN(c2cccc(Cl)c2)CC1. The summed E-state index contributed by atoms with van der Waals surface area (Å²) in [4.78, 5) is 17.0. The molecule has 1 aliphatic heterocycles. The topological polar surface area (TPSA) is 50.6 Å². The molecule has 1 aromatic heterocycles. The Labute approximate surface area is 152 Å². The van der Waals surface area contributed by atoms with Crippen molar-refractivity contribution >= 4 is 23.2 Å². The maximum Gasteiger partial charge on any atom is 0.261 e. The van der Waals surface area contributed by atoms with Crippen molar-refractivity contribution in [2.24, 2.45) is 0 Å². The second kappa shape index (κ2) is 7.78. The maximum atomic E-state index is 12.9. The lowest BCUT2D eigenvalue weighted by molar-refractivity contribution is 0.0742. The number of aryl methyl sites for hydroxylation is 1. The van der Waals surface area contributed by atoms with E-state index in [1.807, 2.05) is 43.0 Å². The number of amides is 1. The smallest absolute Gasteiger partial charge is 0.261 e. The first-order valence-corrected chi connectivity index (χ1v) is 9.00. The Bertz CT molecular complexity index is 738. The van der Waals surface area contributed by atoms with Crippen molar-refractivity contribution in [1.82, 2.24) is 14.7 Å². The van der Waals surface area contributed by atoms with Gasteiger partial charge in [0.1, 0.15) is 5.56 Å². The number of hydrogen-bond acceptors (Lipinski definition) is 4. The van der Waals surface area contributed by atoms with Crippen LogP contribution < -0.4 is 9.64 Å². The van der Waals surface area contributed by atoms with Crippen molar-refractivity contribution in [2.75, 3.05) is 37.7 Å². The van der Waals surface area contributed by atoms with Crippen LogP contribution >= 0.6 is 11.6 Å². The molecule has 0 atom stereocenters. The first-order chi connectivity index (χ1) is 12.1. The number of carbonyl (C=O) groups is 1. The molecule has 0 bridgehead atoms. The molecule has 1 fully saturated rings. The minimum Gasteiger partial charge on any atom is -0.476 e. The van der Waals surface area contributed by atoms with E-state index in [2.05, 4.69) is 10.00 Å². The number of ether oxygens (including phenoxy) is 1. The minimum atomic E-state index is -0.0195. The Hall–Kier alpha value is -2.21. The number of halogens is 1. The molecule has 0 unspecified atom stereocenters. The van der Waals surface area contributed by atoms with Crippen molar-refractivity contribution in [3.05, 3.63) is 41.0 Å². The lowest BCUT2D eigenvalue weighted by Gasteiger charge is -2.36. The quantitative estimate of drug-likeness (QED) is 0.820. The van der Waals surface area contributed by atoms with E-state index < -0.39 is 0 Å².